The maximum Gasteiger partial charge on any atom is 2.00 e. The zero-order valence-corrected chi connectivity index (χ0v) is 4.59. The zero-order chi connectivity index (χ0) is 0. The van der Waals surface area contributed by atoms with Crippen LogP contribution >= 0.6 is 0 Å². The minimum Gasteiger partial charge on any atom is -1.00 e. The van der Waals surface area contributed by atoms with Gasteiger partial charge in [0.15, 0.2) is 17.4 Å². The molecule has 0 N–H and O–H groups in total. The second-order valence-electron chi connectivity index (χ2n) is 0. The Hall–Kier alpha value is 2.26. The maximum atomic E-state index is 0. The molecular formula is H9AlAuMgSi. The molecule has 0 aliphatic rings. The summed E-state index contributed by atoms with van der Waals surface area (Å²) >= 11 is 0. The third-order valence-electron chi connectivity index (χ3n) is 0. The maximum absolute atomic E-state index is 0. The van der Waals surface area contributed by atoms with Crippen LogP contribution in [0, 0.1) is 0 Å². The van der Waals surface area contributed by atoms with Gasteiger partial charge in [-0.25, -0.2) is 0 Å². The van der Waals surface area contributed by atoms with Gasteiger partial charge in [-0.15, -0.1) is 0 Å². The summed E-state index contributed by atoms with van der Waals surface area (Å²) in [5, 5.41) is 0. The fourth-order valence-corrected chi connectivity index (χ4v) is 0. The van der Waals surface area contributed by atoms with Crippen molar-refractivity contribution in [2.24, 2.45) is 0 Å². The molecule has 0 aromatic rings. The normalized spacial score (nSPS) is 0. The topological polar surface area (TPSA) is 0 Å². The van der Waals surface area contributed by atoms with E-state index in [-0.39, 0.29) is 76.6 Å². The Labute approximate surface area is 75.9 Å². The number of rotatable bonds is 0. The van der Waals surface area contributed by atoms with Gasteiger partial charge < -0.3 is 2.85 Å². The van der Waals surface area contributed by atoms with Gasteiger partial charge in [-0.3, -0.25) is 0 Å². The van der Waals surface area contributed by atoms with Crippen molar-refractivity contribution in [3.63, 3.8) is 0 Å². The molecule has 29 valence electrons. The van der Waals surface area contributed by atoms with Crippen molar-refractivity contribution in [3.05, 3.63) is 0 Å². The molecule has 4 heavy (non-hydrogen) atoms. The molecule has 0 bridgehead atoms. The Morgan fingerprint density at radius 3 is 1.25 bits per heavy atom. The van der Waals surface area contributed by atoms with Gasteiger partial charge in [0.2, 0.25) is 0 Å². The van der Waals surface area contributed by atoms with E-state index in [0.717, 1.165) is 0 Å². The Balaban J connectivity index is 0. The van der Waals surface area contributed by atoms with Gasteiger partial charge in [-0.05, 0) is 11.0 Å². The minimum atomic E-state index is 0. The summed E-state index contributed by atoms with van der Waals surface area (Å²) in [5.74, 6) is 0. The molecule has 0 nitrogen and oxygen atoms in total. The molecule has 0 aliphatic heterocycles. The van der Waals surface area contributed by atoms with Gasteiger partial charge in [-0.2, -0.15) is 0 Å². The summed E-state index contributed by atoms with van der Waals surface area (Å²) in [6.07, 6.45) is 0. The molecule has 0 aliphatic carbocycles. The van der Waals surface area contributed by atoms with Crippen molar-refractivity contribution in [1.29, 1.82) is 0 Å². The molecule has 0 unspecified atom stereocenters. The molecule has 0 saturated heterocycles. The molecule has 0 aromatic carbocycles. The molecule has 0 heterocycles. The predicted octanol–water partition coefficient (Wildman–Crippen LogP) is -2.79. The SMILES string of the molecule is [AlH3].[Au].[H-].[H-].[Mg+2].[SiH4]. The summed E-state index contributed by atoms with van der Waals surface area (Å²) in [6, 6.07) is 0. The first-order chi connectivity index (χ1) is 0. The first-order valence-electron chi connectivity index (χ1n) is 0. The Morgan fingerprint density at radius 2 is 1.25 bits per heavy atom. The van der Waals surface area contributed by atoms with Crippen LogP contribution in [0.4, 0.5) is 0 Å². The monoisotopic (exact) mass is 285 g/mol. The Bertz CT molecular complexity index is 13.5. The predicted molar refractivity (Wildman–Crippen MR) is 29.3 cm³/mol. The smallest absolute Gasteiger partial charge is 1.00 e. The molecular weight excluding hydrogens is 276 g/mol. The van der Waals surface area contributed by atoms with E-state index >= 15 is 0 Å². The quantitative estimate of drug-likeness (QED) is 0.422. The molecule has 1 radical (unpaired) electrons. The fourth-order valence-electron chi connectivity index (χ4n) is 0. The van der Waals surface area contributed by atoms with Crippen molar-refractivity contribution in [2.75, 3.05) is 0 Å². The average molecular weight is 285 g/mol. The van der Waals surface area contributed by atoms with Crippen LogP contribution in [0.5, 0.6) is 0 Å². The van der Waals surface area contributed by atoms with E-state index in [2.05, 4.69) is 0 Å². The van der Waals surface area contributed by atoms with Crippen molar-refractivity contribution >= 4 is 51.4 Å². The van der Waals surface area contributed by atoms with E-state index in [0.29, 0.717) is 0 Å². The average Bonchev–Trinajstić information content (AvgIpc) is 0. The zero-order valence-electron chi connectivity index (χ0n) is 3.01. The van der Waals surface area contributed by atoms with Crippen LogP contribution < -0.4 is 0 Å². The van der Waals surface area contributed by atoms with Crippen LogP contribution in [-0.2, 0) is 22.4 Å². The van der Waals surface area contributed by atoms with Gasteiger partial charge in [-0.1, -0.05) is 0 Å². The van der Waals surface area contributed by atoms with E-state index < -0.39 is 0 Å². The van der Waals surface area contributed by atoms with Crippen LogP contribution in [0.2, 0.25) is 0 Å². The van der Waals surface area contributed by atoms with Gasteiger partial charge >= 0.3 is 23.1 Å². The van der Waals surface area contributed by atoms with Crippen LogP contribution in [0.15, 0.2) is 0 Å². The van der Waals surface area contributed by atoms with E-state index in [4.69, 9.17) is 0 Å². The summed E-state index contributed by atoms with van der Waals surface area (Å²) in [6.45, 7) is 0. The van der Waals surface area contributed by atoms with Gasteiger partial charge in [0, 0.05) is 22.4 Å². The molecule has 4 heteroatoms. The molecule has 0 aromatic heterocycles. The van der Waals surface area contributed by atoms with Crippen molar-refractivity contribution in [1.82, 2.24) is 0 Å². The first kappa shape index (κ1) is 34.0. The van der Waals surface area contributed by atoms with Crippen LogP contribution in [0.1, 0.15) is 2.85 Å². The van der Waals surface area contributed by atoms with Crippen molar-refractivity contribution in [2.45, 2.75) is 0 Å². The minimum absolute atomic E-state index is 0. The van der Waals surface area contributed by atoms with Crippen molar-refractivity contribution in [3.8, 4) is 0 Å². The first-order valence-corrected chi connectivity index (χ1v) is 0. The van der Waals surface area contributed by atoms with Gasteiger partial charge in [0.05, 0.1) is 0 Å². The van der Waals surface area contributed by atoms with Crippen LogP contribution in [0.3, 0.4) is 0 Å². The Kier molecular flexibility index (Phi) is 159. The molecule has 0 saturated carbocycles. The second kappa shape index (κ2) is 18.7. The van der Waals surface area contributed by atoms with E-state index in [1.54, 1.807) is 0 Å². The summed E-state index contributed by atoms with van der Waals surface area (Å²) < 4.78 is 0. The third-order valence-corrected chi connectivity index (χ3v) is 0. The standard InChI is InChI=1S/Al.Au.Mg.H4Si.5H/h;;;1H4;;;;;/q;;+2;;;;;2*-1. The summed E-state index contributed by atoms with van der Waals surface area (Å²) in [5.41, 5.74) is 0. The summed E-state index contributed by atoms with van der Waals surface area (Å²) in [4.78, 5) is 0. The molecule has 0 atom stereocenters. The molecule has 0 rings (SSSR count). The van der Waals surface area contributed by atoms with Gasteiger partial charge in [0.1, 0.15) is 0 Å². The van der Waals surface area contributed by atoms with Crippen molar-refractivity contribution < 1.29 is 25.2 Å². The molecule has 0 amide bonds. The van der Waals surface area contributed by atoms with Crippen LogP contribution in [-0.4, -0.2) is 51.4 Å². The largest absolute Gasteiger partial charge is 2.00 e. The fraction of sp³-hybridized carbons (Fsp3) is 0. The molecule has 0 spiro atoms. The summed E-state index contributed by atoms with van der Waals surface area (Å²) in [7, 11) is 0. The van der Waals surface area contributed by atoms with Gasteiger partial charge in [0.25, 0.3) is 0 Å². The van der Waals surface area contributed by atoms with E-state index in [9.17, 15) is 0 Å². The molecule has 0 fully saturated rings. The Morgan fingerprint density at radius 1 is 1.25 bits per heavy atom. The number of hydrogen-bond donors (Lipinski definition) is 0. The number of hydrogen-bond acceptors (Lipinski definition) is 0. The van der Waals surface area contributed by atoms with E-state index in [1.807, 2.05) is 0 Å². The second-order valence-corrected chi connectivity index (χ2v) is 0. The third kappa shape index (κ3) is 8.87. The van der Waals surface area contributed by atoms with E-state index in [1.165, 1.54) is 0 Å². The van der Waals surface area contributed by atoms with Crippen LogP contribution in [0.25, 0.3) is 0 Å².